The highest BCUT2D eigenvalue weighted by Crippen LogP contribution is 2.23. The topological polar surface area (TPSA) is 93.7 Å². The first kappa shape index (κ1) is 24.3. The van der Waals surface area contributed by atoms with Crippen molar-refractivity contribution in [1.82, 2.24) is 0 Å². The minimum atomic E-state index is -3.76. The minimum absolute atomic E-state index is 0.0973. The summed E-state index contributed by atoms with van der Waals surface area (Å²) in [6.45, 7) is 7.05. The van der Waals surface area contributed by atoms with E-state index >= 15 is 0 Å². The van der Waals surface area contributed by atoms with Crippen LogP contribution in [0.3, 0.4) is 0 Å². The first-order valence-corrected chi connectivity index (χ1v) is 12.1. The van der Waals surface area contributed by atoms with Crippen molar-refractivity contribution in [2.75, 3.05) is 29.9 Å². The third kappa shape index (κ3) is 6.57. The number of aryl methyl sites for hydroxylation is 2. The summed E-state index contributed by atoms with van der Waals surface area (Å²) in [5.74, 6) is 0.0950. The minimum Gasteiger partial charge on any atom is -0.490 e. The van der Waals surface area contributed by atoms with Gasteiger partial charge in [-0.15, -0.1) is 0 Å². The van der Waals surface area contributed by atoms with Crippen LogP contribution in [0.5, 0.6) is 5.75 Å². The molecule has 0 radical (unpaired) electrons. The van der Waals surface area contributed by atoms with E-state index in [2.05, 4.69) is 10.0 Å². The van der Waals surface area contributed by atoms with Crippen molar-refractivity contribution in [3.05, 3.63) is 83.4 Å². The van der Waals surface area contributed by atoms with E-state index in [4.69, 9.17) is 9.47 Å². The van der Waals surface area contributed by atoms with Crippen LogP contribution >= 0.6 is 0 Å². The second kappa shape index (κ2) is 11.0. The molecule has 0 atom stereocenters. The summed E-state index contributed by atoms with van der Waals surface area (Å²) in [5.41, 5.74) is 3.26. The van der Waals surface area contributed by atoms with Gasteiger partial charge >= 0.3 is 0 Å². The normalized spacial score (nSPS) is 11.1. The van der Waals surface area contributed by atoms with Gasteiger partial charge in [-0.1, -0.05) is 29.8 Å². The number of benzene rings is 3. The summed E-state index contributed by atoms with van der Waals surface area (Å²) in [4.78, 5) is 12.9. The van der Waals surface area contributed by atoms with Gasteiger partial charge in [0.2, 0.25) is 0 Å². The highest BCUT2D eigenvalue weighted by molar-refractivity contribution is 7.92. The van der Waals surface area contributed by atoms with Gasteiger partial charge in [0, 0.05) is 12.3 Å². The Labute approximate surface area is 194 Å². The fourth-order valence-electron chi connectivity index (χ4n) is 3.18. The number of rotatable bonds is 10. The summed E-state index contributed by atoms with van der Waals surface area (Å²) in [6.07, 6.45) is 0. The average molecular weight is 469 g/mol. The molecule has 7 nitrogen and oxygen atoms in total. The van der Waals surface area contributed by atoms with Gasteiger partial charge in [0.15, 0.2) is 0 Å². The van der Waals surface area contributed by atoms with Crippen LogP contribution in [0.15, 0.2) is 71.6 Å². The Balaban J connectivity index is 1.69. The lowest BCUT2D eigenvalue weighted by Gasteiger charge is -2.13. The number of amides is 1. The van der Waals surface area contributed by atoms with Crippen molar-refractivity contribution in [3.8, 4) is 5.75 Å². The Hall–Kier alpha value is -3.36. The highest BCUT2D eigenvalue weighted by atomic mass is 32.2. The monoisotopic (exact) mass is 468 g/mol. The molecule has 0 fully saturated rings. The Morgan fingerprint density at radius 3 is 2.36 bits per heavy atom. The summed E-state index contributed by atoms with van der Waals surface area (Å²) in [6, 6.07) is 18.4. The third-order valence-corrected chi connectivity index (χ3v) is 6.25. The summed E-state index contributed by atoms with van der Waals surface area (Å²) in [5, 5.41) is 2.78. The van der Waals surface area contributed by atoms with Crippen LogP contribution in [0.4, 0.5) is 11.4 Å². The fourth-order valence-corrected chi connectivity index (χ4v) is 4.31. The number of anilines is 2. The van der Waals surface area contributed by atoms with E-state index in [9.17, 15) is 13.2 Å². The van der Waals surface area contributed by atoms with Crippen molar-refractivity contribution in [1.29, 1.82) is 0 Å². The lowest BCUT2D eigenvalue weighted by molar-refractivity contribution is 0.0998. The molecule has 0 bridgehead atoms. The number of ether oxygens (including phenoxy) is 2. The maximum atomic E-state index is 12.8. The SMILES string of the molecule is CCOCCOc1ccccc1C(=O)Nc1ccc(S(=O)(=O)Nc2ccc(C)cc2C)cc1. The number of nitrogens with one attached hydrogen (secondary N) is 2. The van der Waals surface area contributed by atoms with Crippen molar-refractivity contribution in [2.24, 2.45) is 0 Å². The summed E-state index contributed by atoms with van der Waals surface area (Å²) in [7, 11) is -3.76. The first-order valence-electron chi connectivity index (χ1n) is 10.6. The Kier molecular flexibility index (Phi) is 8.08. The molecule has 33 heavy (non-hydrogen) atoms. The van der Waals surface area contributed by atoms with Crippen molar-refractivity contribution >= 4 is 27.3 Å². The maximum absolute atomic E-state index is 12.8. The molecule has 174 valence electrons. The summed E-state index contributed by atoms with van der Waals surface area (Å²) >= 11 is 0. The first-order chi connectivity index (χ1) is 15.8. The molecule has 0 saturated carbocycles. The van der Waals surface area contributed by atoms with Crippen LogP contribution in [0, 0.1) is 13.8 Å². The second-order valence-corrected chi connectivity index (χ2v) is 9.13. The van der Waals surface area contributed by atoms with Gasteiger partial charge in [-0.3, -0.25) is 9.52 Å². The zero-order valence-corrected chi connectivity index (χ0v) is 19.7. The quantitative estimate of drug-likeness (QED) is 0.418. The van der Waals surface area contributed by atoms with Gasteiger partial charge in [0.05, 0.1) is 22.8 Å². The Morgan fingerprint density at radius 2 is 1.67 bits per heavy atom. The van der Waals surface area contributed by atoms with Gasteiger partial charge in [0.1, 0.15) is 12.4 Å². The number of carbonyl (C=O) groups excluding carboxylic acids is 1. The lowest BCUT2D eigenvalue weighted by Crippen LogP contribution is -2.16. The fraction of sp³-hybridized carbons (Fsp3) is 0.240. The largest absolute Gasteiger partial charge is 0.490 e. The van der Waals surface area contributed by atoms with E-state index in [1.807, 2.05) is 32.9 Å². The molecular formula is C25H28N2O5S. The third-order valence-electron chi connectivity index (χ3n) is 4.87. The van der Waals surface area contributed by atoms with Crippen LogP contribution in [0.1, 0.15) is 28.4 Å². The number of hydrogen-bond donors (Lipinski definition) is 2. The highest BCUT2D eigenvalue weighted by Gasteiger charge is 2.17. The van der Waals surface area contributed by atoms with Crippen molar-refractivity contribution in [3.63, 3.8) is 0 Å². The van der Waals surface area contributed by atoms with Crippen LogP contribution in [0.2, 0.25) is 0 Å². The van der Waals surface area contributed by atoms with E-state index in [-0.39, 0.29) is 10.8 Å². The molecule has 0 aliphatic carbocycles. The Bertz CT molecular complexity index is 1210. The number of para-hydroxylation sites is 1. The van der Waals surface area contributed by atoms with E-state index in [0.717, 1.165) is 11.1 Å². The summed E-state index contributed by atoms with van der Waals surface area (Å²) < 4.78 is 39.1. The van der Waals surface area contributed by atoms with Crippen LogP contribution in [-0.2, 0) is 14.8 Å². The van der Waals surface area contributed by atoms with E-state index in [1.54, 1.807) is 42.5 Å². The zero-order valence-electron chi connectivity index (χ0n) is 18.9. The molecular weight excluding hydrogens is 440 g/mol. The van der Waals surface area contributed by atoms with Gasteiger partial charge in [-0.25, -0.2) is 8.42 Å². The molecule has 3 aromatic carbocycles. The molecule has 0 heterocycles. The number of carbonyl (C=O) groups is 1. The van der Waals surface area contributed by atoms with Gasteiger partial charge in [0.25, 0.3) is 15.9 Å². The zero-order chi connectivity index (χ0) is 23.8. The molecule has 0 saturated heterocycles. The predicted molar refractivity (Wildman–Crippen MR) is 130 cm³/mol. The molecule has 1 amide bonds. The molecule has 3 rings (SSSR count). The van der Waals surface area contributed by atoms with Crippen LogP contribution in [0.25, 0.3) is 0 Å². The van der Waals surface area contributed by atoms with E-state index < -0.39 is 10.0 Å². The second-order valence-electron chi connectivity index (χ2n) is 7.44. The van der Waals surface area contributed by atoms with Gasteiger partial charge in [-0.2, -0.15) is 0 Å². The van der Waals surface area contributed by atoms with Gasteiger partial charge < -0.3 is 14.8 Å². The molecule has 2 N–H and O–H groups in total. The van der Waals surface area contributed by atoms with Crippen molar-refractivity contribution in [2.45, 2.75) is 25.7 Å². The lowest BCUT2D eigenvalue weighted by atomic mass is 10.1. The van der Waals surface area contributed by atoms with Crippen molar-refractivity contribution < 1.29 is 22.7 Å². The molecule has 0 aliphatic rings. The molecule has 3 aromatic rings. The maximum Gasteiger partial charge on any atom is 0.261 e. The smallest absolute Gasteiger partial charge is 0.261 e. The number of sulfonamides is 1. The molecule has 8 heteroatoms. The molecule has 0 aliphatic heterocycles. The van der Waals surface area contributed by atoms with Crippen LogP contribution in [-0.4, -0.2) is 34.1 Å². The van der Waals surface area contributed by atoms with Gasteiger partial charge in [-0.05, 0) is 68.8 Å². The molecule has 0 aromatic heterocycles. The predicted octanol–water partition coefficient (Wildman–Crippen LogP) is 4.77. The molecule has 0 unspecified atom stereocenters. The van der Waals surface area contributed by atoms with E-state index in [0.29, 0.717) is 42.5 Å². The van der Waals surface area contributed by atoms with E-state index in [1.165, 1.54) is 12.1 Å². The Morgan fingerprint density at radius 1 is 0.939 bits per heavy atom. The standard InChI is InChI=1S/C25H28N2O5S/c1-4-31-15-16-32-24-8-6-5-7-22(24)25(28)26-20-10-12-21(13-11-20)33(29,30)27-23-14-9-18(2)17-19(23)3/h5-14,17,27H,4,15-16H2,1-3H3,(H,26,28). The molecule has 0 spiro atoms. The number of hydrogen-bond acceptors (Lipinski definition) is 5. The van der Waals surface area contributed by atoms with Crippen LogP contribution < -0.4 is 14.8 Å². The average Bonchev–Trinajstić information content (AvgIpc) is 2.79.